The fourth-order valence-electron chi connectivity index (χ4n) is 1.13. The van der Waals surface area contributed by atoms with Gasteiger partial charge in [-0.2, -0.15) is 0 Å². The molecule has 0 saturated carbocycles. The number of hydrogen-bond donors (Lipinski definition) is 1. The molecule has 1 aromatic heterocycles. The number of alkyl carbamates (subject to hydrolysis) is 1. The number of amides is 1. The topological polar surface area (TPSA) is 78.5 Å². The number of hydrogen-bond acceptors (Lipinski definition) is 5. The number of nitrogens with one attached hydrogen (secondary N) is 1. The molecule has 0 aliphatic carbocycles. The van der Waals surface area contributed by atoms with Crippen LogP contribution >= 0.6 is 11.3 Å². The summed E-state index contributed by atoms with van der Waals surface area (Å²) < 4.78 is 4.98. The maximum Gasteiger partial charge on any atom is 1.00 e. The monoisotopic (exact) mass is 263 g/mol. The number of ether oxygens (including phenoxy) is 1. The van der Waals surface area contributed by atoms with Crippen molar-refractivity contribution in [3.05, 3.63) is 22.4 Å². The summed E-state index contributed by atoms with van der Waals surface area (Å²) >= 11 is 1.23. The van der Waals surface area contributed by atoms with Crippen molar-refractivity contribution in [3.63, 3.8) is 0 Å². The van der Waals surface area contributed by atoms with Gasteiger partial charge in [0.15, 0.2) is 0 Å². The van der Waals surface area contributed by atoms with E-state index in [0.29, 0.717) is 4.88 Å². The Morgan fingerprint density at radius 1 is 1.44 bits per heavy atom. The Labute approximate surface area is 122 Å². The molecule has 0 bridgehead atoms. The van der Waals surface area contributed by atoms with Crippen LogP contribution in [0.4, 0.5) is 4.79 Å². The molecule has 1 unspecified atom stereocenters. The largest absolute Gasteiger partial charge is 1.00 e. The maximum atomic E-state index is 11.4. The number of carbonyl (C=O) groups is 2. The number of rotatable bonds is 3. The Bertz CT molecular complexity index is 400. The van der Waals surface area contributed by atoms with Crippen molar-refractivity contribution in [3.8, 4) is 0 Å². The van der Waals surface area contributed by atoms with E-state index >= 15 is 0 Å². The molecule has 5 nitrogen and oxygen atoms in total. The summed E-state index contributed by atoms with van der Waals surface area (Å²) in [7, 11) is 0. The van der Waals surface area contributed by atoms with E-state index in [2.05, 4.69) is 5.32 Å². The number of carboxylic acid groups (broad SMARTS) is 1. The molecule has 0 aliphatic rings. The van der Waals surface area contributed by atoms with Gasteiger partial charge in [-0.25, -0.2) is 4.79 Å². The van der Waals surface area contributed by atoms with E-state index in [9.17, 15) is 14.7 Å². The molecule has 94 valence electrons. The van der Waals surface area contributed by atoms with Crippen LogP contribution in [0.5, 0.6) is 0 Å². The van der Waals surface area contributed by atoms with Crippen molar-refractivity contribution in [2.75, 3.05) is 0 Å². The van der Waals surface area contributed by atoms with Crippen LogP contribution in [-0.2, 0) is 9.53 Å². The molecule has 1 atom stereocenters. The Kier molecular flexibility index (Phi) is 6.47. The van der Waals surface area contributed by atoms with Crippen molar-refractivity contribution in [2.45, 2.75) is 32.4 Å². The van der Waals surface area contributed by atoms with Crippen molar-refractivity contribution in [1.29, 1.82) is 0 Å². The summed E-state index contributed by atoms with van der Waals surface area (Å²) in [5.74, 6) is -1.36. The third-order valence-corrected chi connectivity index (χ3v) is 2.66. The van der Waals surface area contributed by atoms with Crippen LogP contribution in [0.25, 0.3) is 0 Å². The van der Waals surface area contributed by atoms with Gasteiger partial charge < -0.3 is 20.0 Å². The summed E-state index contributed by atoms with van der Waals surface area (Å²) in [5.41, 5.74) is -0.671. The van der Waals surface area contributed by atoms with E-state index < -0.39 is 23.7 Å². The number of aliphatic carboxylic acids is 1. The van der Waals surface area contributed by atoms with E-state index in [0.717, 1.165) is 0 Å². The molecule has 0 fully saturated rings. The molecule has 1 N–H and O–H groups in total. The van der Waals surface area contributed by atoms with E-state index in [4.69, 9.17) is 4.74 Å². The minimum atomic E-state index is -1.36. The van der Waals surface area contributed by atoms with Crippen LogP contribution in [-0.4, -0.2) is 17.7 Å². The SMILES string of the molecule is CC(C)(C)OC(=O)NC(C(=O)[O-])c1cccs1.[Li+]. The van der Waals surface area contributed by atoms with E-state index in [1.54, 1.807) is 38.3 Å². The normalized spacial score (nSPS) is 12.2. The van der Waals surface area contributed by atoms with Gasteiger partial charge in [0.25, 0.3) is 0 Å². The van der Waals surface area contributed by atoms with Gasteiger partial charge >= 0.3 is 25.0 Å². The minimum absolute atomic E-state index is 0. The zero-order valence-corrected chi connectivity index (χ0v) is 11.7. The third kappa shape index (κ3) is 5.58. The van der Waals surface area contributed by atoms with Gasteiger partial charge in [0.1, 0.15) is 11.6 Å². The maximum absolute atomic E-state index is 11.4. The Morgan fingerprint density at radius 2 is 2.06 bits per heavy atom. The average molecular weight is 263 g/mol. The Balaban J connectivity index is 0.00000289. The van der Waals surface area contributed by atoms with E-state index in [-0.39, 0.29) is 18.9 Å². The molecule has 0 aromatic carbocycles. The zero-order chi connectivity index (χ0) is 13.1. The smallest absolute Gasteiger partial charge is 0.547 e. The first-order chi connectivity index (χ1) is 7.79. The number of thiophene rings is 1. The van der Waals surface area contributed by atoms with Gasteiger partial charge in [-0.3, -0.25) is 0 Å². The Morgan fingerprint density at radius 3 is 2.44 bits per heavy atom. The van der Waals surface area contributed by atoms with E-state index in [1.807, 2.05) is 0 Å². The predicted molar refractivity (Wildman–Crippen MR) is 61.4 cm³/mol. The molecule has 0 radical (unpaired) electrons. The van der Waals surface area contributed by atoms with Gasteiger partial charge in [-0.05, 0) is 32.2 Å². The van der Waals surface area contributed by atoms with Gasteiger partial charge in [-0.15, -0.1) is 11.3 Å². The summed E-state index contributed by atoms with van der Waals surface area (Å²) in [5, 5.41) is 14.9. The molecule has 18 heavy (non-hydrogen) atoms. The summed E-state index contributed by atoms with van der Waals surface area (Å²) in [6.07, 6.45) is -0.778. The number of carbonyl (C=O) groups excluding carboxylic acids is 2. The first-order valence-corrected chi connectivity index (χ1v) is 5.91. The molecule has 1 heterocycles. The quantitative estimate of drug-likeness (QED) is 0.644. The number of carboxylic acids is 1. The molecule has 0 spiro atoms. The third-order valence-electron chi connectivity index (χ3n) is 1.72. The summed E-state index contributed by atoms with van der Waals surface area (Å²) in [6, 6.07) is 2.14. The summed E-state index contributed by atoms with van der Waals surface area (Å²) in [6.45, 7) is 5.10. The van der Waals surface area contributed by atoms with Crippen LogP contribution < -0.4 is 29.3 Å². The van der Waals surface area contributed by atoms with Gasteiger partial charge in [0.05, 0.1) is 5.97 Å². The predicted octanol–water partition coefficient (Wildman–Crippen LogP) is -1.93. The minimum Gasteiger partial charge on any atom is -0.547 e. The molecule has 1 rings (SSSR count). The van der Waals surface area contributed by atoms with Gasteiger partial charge in [0, 0.05) is 4.88 Å². The van der Waals surface area contributed by atoms with Crippen LogP contribution in [0, 0.1) is 0 Å². The van der Waals surface area contributed by atoms with Crippen LogP contribution in [0.2, 0.25) is 0 Å². The van der Waals surface area contributed by atoms with Crippen molar-refractivity contribution in [1.82, 2.24) is 5.32 Å². The fourth-order valence-corrected chi connectivity index (χ4v) is 1.89. The van der Waals surface area contributed by atoms with Crippen molar-refractivity contribution >= 4 is 23.4 Å². The molecule has 1 aromatic rings. The van der Waals surface area contributed by atoms with Gasteiger partial charge in [-0.1, -0.05) is 6.07 Å². The molecular formula is C11H14LiNO4S. The summed E-state index contributed by atoms with van der Waals surface area (Å²) in [4.78, 5) is 22.9. The van der Waals surface area contributed by atoms with Crippen LogP contribution in [0.1, 0.15) is 31.7 Å². The second kappa shape index (κ2) is 6.83. The second-order valence-corrected chi connectivity index (χ2v) is 5.39. The molecular weight excluding hydrogens is 249 g/mol. The second-order valence-electron chi connectivity index (χ2n) is 4.41. The fraction of sp³-hybridized carbons (Fsp3) is 0.455. The van der Waals surface area contributed by atoms with Crippen molar-refractivity contribution in [2.24, 2.45) is 0 Å². The first kappa shape index (κ1) is 17.0. The molecule has 1 amide bonds. The average Bonchev–Trinajstić information content (AvgIpc) is 2.63. The molecule has 0 aliphatic heterocycles. The Hall–Kier alpha value is -0.963. The zero-order valence-electron chi connectivity index (χ0n) is 10.9. The van der Waals surface area contributed by atoms with E-state index in [1.165, 1.54) is 11.3 Å². The molecule has 0 saturated heterocycles. The van der Waals surface area contributed by atoms with Crippen LogP contribution in [0.3, 0.4) is 0 Å². The van der Waals surface area contributed by atoms with Crippen LogP contribution in [0.15, 0.2) is 17.5 Å². The van der Waals surface area contributed by atoms with Crippen molar-refractivity contribution < 1.29 is 38.3 Å². The van der Waals surface area contributed by atoms with Gasteiger partial charge in [0.2, 0.25) is 0 Å². The first-order valence-electron chi connectivity index (χ1n) is 5.03. The standard InChI is InChI=1S/C11H15NO4S.Li/c1-11(2,3)16-10(15)12-8(9(13)14)7-5-4-6-17-7;/h4-6,8H,1-3H3,(H,12,15)(H,13,14);/q;+1/p-1. The molecule has 7 heteroatoms.